The summed E-state index contributed by atoms with van der Waals surface area (Å²) in [6.45, 7) is 0. The number of nitro benzene ring substituents is 1. The van der Waals surface area contributed by atoms with Crippen molar-refractivity contribution in [2.24, 2.45) is 0 Å². The molecule has 0 bridgehead atoms. The van der Waals surface area contributed by atoms with Gasteiger partial charge in [-0.3, -0.25) is 24.4 Å². The molecule has 34 heavy (non-hydrogen) atoms. The number of nitrogens with zero attached hydrogens (tertiary/aromatic N) is 1. The predicted molar refractivity (Wildman–Crippen MR) is 106 cm³/mol. The number of aromatic carboxylic acids is 2. The van der Waals surface area contributed by atoms with Gasteiger partial charge in [0.05, 0.1) is 26.1 Å². The van der Waals surface area contributed by atoms with Crippen LogP contribution < -0.4 is 5.64 Å². The van der Waals surface area contributed by atoms with Crippen LogP contribution in [0, 0.1) is 21.7 Å². The van der Waals surface area contributed by atoms with E-state index in [0.29, 0.717) is 12.1 Å². The maximum Gasteiger partial charge on any atom is 0.394 e. The summed E-state index contributed by atoms with van der Waals surface area (Å²) in [7, 11) is -4.67. The van der Waals surface area contributed by atoms with E-state index in [1.54, 1.807) is 0 Å². The monoisotopic (exact) mass is 556 g/mol. The van der Waals surface area contributed by atoms with Gasteiger partial charge in [-0.1, -0.05) is 23.2 Å². The number of carboxylic acid groups (broad SMARTS) is 2. The molecule has 2 rings (SSSR count). The van der Waals surface area contributed by atoms with Crippen molar-refractivity contribution in [3.8, 4) is 0 Å². The zero-order valence-electron chi connectivity index (χ0n) is 15.8. The molecule has 7 N–H and O–H groups in total. The van der Waals surface area contributed by atoms with E-state index in [1.807, 2.05) is 0 Å². The Bertz CT molecular complexity index is 1070. The van der Waals surface area contributed by atoms with E-state index in [9.17, 15) is 28.5 Å². The minimum Gasteiger partial charge on any atom is -0.478 e. The van der Waals surface area contributed by atoms with Crippen molar-refractivity contribution in [1.29, 1.82) is 0 Å². The molecular weight excluding hydrogens is 545 g/mol. The molecule has 0 radical (unpaired) electrons. The SMILES string of the molecule is O=C(O)c1cc([N+](=O)[O-])c(F)cc1Cl.O=C(O)c1ccc(F)cc1Cl.O=S(=O)(O)O.ONOO. The first-order chi connectivity index (χ1) is 15.5. The molecule has 15 nitrogen and oxygen atoms in total. The van der Waals surface area contributed by atoms with E-state index in [0.717, 1.165) is 23.8 Å². The van der Waals surface area contributed by atoms with Gasteiger partial charge in [0.25, 0.3) is 0 Å². The van der Waals surface area contributed by atoms with Crippen LogP contribution in [-0.2, 0) is 15.4 Å². The van der Waals surface area contributed by atoms with E-state index in [4.69, 9.17) is 61.4 Å². The van der Waals surface area contributed by atoms with Crippen molar-refractivity contribution in [2.45, 2.75) is 0 Å². The fourth-order valence-electron chi connectivity index (χ4n) is 1.50. The molecule has 0 saturated carbocycles. The summed E-state index contributed by atoms with van der Waals surface area (Å²) in [6.07, 6.45) is 0. The highest BCUT2D eigenvalue weighted by Gasteiger charge is 2.20. The lowest BCUT2D eigenvalue weighted by Gasteiger charge is -1.99. The third-order valence-electron chi connectivity index (χ3n) is 2.67. The fourth-order valence-corrected chi connectivity index (χ4v) is 1.98. The van der Waals surface area contributed by atoms with Crippen molar-refractivity contribution >= 4 is 51.2 Å². The molecular formula is C14H12Cl2F2N2O13S. The van der Waals surface area contributed by atoms with Gasteiger partial charge in [0.15, 0.2) is 0 Å². The standard InChI is InChI=1S/C7H3ClFNO4.C7H4ClFO2.H3NO3.H2O4S/c8-4-2-5(9)6(10(13)14)1-3(4)7(11)12;8-6-3-4(9)1-2-5(6)7(10)11;2-1-4-3;1-5(2,3)4/h1-2H,(H,11,12);1-3H,(H,10,11);1-3H;(H2,1,2,3,4). The van der Waals surface area contributed by atoms with Gasteiger partial charge in [-0.15, -0.1) is 4.99 Å². The number of hydrogen-bond acceptors (Lipinski definition) is 10. The van der Waals surface area contributed by atoms with E-state index >= 15 is 0 Å². The molecule has 0 saturated heterocycles. The van der Waals surface area contributed by atoms with E-state index in [2.05, 4.69) is 4.99 Å². The minimum absolute atomic E-state index is 0.0856. The molecule has 0 aromatic heterocycles. The van der Waals surface area contributed by atoms with Crippen LogP contribution in [0.1, 0.15) is 20.7 Å². The second-order valence-electron chi connectivity index (χ2n) is 4.91. The smallest absolute Gasteiger partial charge is 0.394 e. The maximum atomic E-state index is 12.8. The molecule has 2 aromatic rings. The first kappa shape index (κ1) is 33.1. The molecule has 0 spiro atoms. The van der Waals surface area contributed by atoms with E-state index < -0.39 is 50.1 Å². The molecule has 0 amide bonds. The Balaban J connectivity index is 0. The number of rotatable bonds is 4. The van der Waals surface area contributed by atoms with Crippen LogP contribution in [0.15, 0.2) is 30.3 Å². The summed E-state index contributed by atoms with van der Waals surface area (Å²) in [5.41, 5.74) is -0.514. The quantitative estimate of drug-likeness (QED) is 0.123. The van der Waals surface area contributed by atoms with Gasteiger partial charge >= 0.3 is 28.0 Å². The van der Waals surface area contributed by atoms with Gasteiger partial charge in [-0.2, -0.15) is 12.8 Å². The molecule has 0 atom stereocenters. The molecule has 0 aliphatic carbocycles. The van der Waals surface area contributed by atoms with E-state index in [1.165, 1.54) is 0 Å². The third-order valence-corrected chi connectivity index (χ3v) is 3.29. The van der Waals surface area contributed by atoms with Crippen molar-refractivity contribution in [2.75, 3.05) is 0 Å². The number of nitrogens with one attached hydrogen (secondary N) is 1. The molecule has 0 unspecified atom stereocenters. The van der Waals surface area contributed by atoms with Crippen LogP contribution >= 0.6 is 23.2 Å². The average Bonchev–Trinajstić information content (AvgIpc) is 2.66. The highest BCUT2D eigenvalue weighted by molar-refractivity contribution is 7.79. The van der Waals surface area contributed by atoms with Crippen molar-refractivity contribution in [1.82, 2.24) is 5.64 Å². The predicted octanol–water partition coefficient (Wildman–Crippen LogP) is 2.98. The van der Waals surface area contributed by atoms with Crippen LogP contribution in [0.25, 0.3) is 0 Å². The maximum absolute atomic E-state index is 12.8. The van der Waals surface area contributed by atoms with Gasteiger partial charge in [-0.25, -0.2) is 19.2 Å². The van der Waals surface area contributed by atoms with Gasteiger partial charge in [0, 0.05) is 12.1 Å². The lowest BCUT2D eigenvalue weighted by atomic mass is 10.2. The Morgan fingerprint density at radius 2 is 1.41 bits per heavy atom. The molecule has 0 aliphatic rings. The van der Waals surface area contributed by atoms with Crippen LogP contribution in [0.3, 0.4) is 0 Å². The number of hydrogen-bond donors (Lipinski definition) is 7. The Morgan fingerprint density at radius 1 is 1.00 bits per heavy atom. The number of benzene rings is 2. The van der Waals surface area contributed by atoms with Crippen LogP contribution in [-0.4, -0.2) is 55.1 Å². The number of halogens is 4. The zero-order chi connectivity index (χ0) is 27.2. The highest BCUT2D eigenvalue weighted by Crippen LogP contribution is 2.25. The van der Waals surface area contributed by atoms with Gasteiger partial charge in [0.2, 0.25) is 5.82 Å². The average molecular weight is 557 g/mol. The topological polar surface area (TPSA) is 254 Å². The molecule has 0 fully saturated rings. The van der Waals surface area contributed by atoms with Gasteiger partial charge in [0.1, 0.15) is 5.82 Å². The second-order valence-corrected chi connectivity index (χ2v) is 6.62. The number of carbonyl (C=O) groups is 2. The largest absolute Gasteiger partial charge is 0.478 e. The van der Waals surface area contributed by atoms with Crippen molar-refractivity contribution < 1.29 is 66.5 Å². The lowest BCUT2D eigenvalue weighted by Crippen LogP contribution is -2.02. The summed E-state index contributed by atoms with van der Waals surface area (Å²) in [4.78, 5) is 32.9. The van der Waals surface area contributed by atoms with E-state index in [-0.39, 0.29) is 15.6 Å². The van der Waals surface area contributed by atoms with Crippen LogP contribution in [0.4, 0.5) is 14.5 Å². The first-order valence-corrected chi connectivity index (χ1v) is 9.55. The summed E-state index contributed by atoms with van der Waals surface area (Å²) in [5, 5.41) is 40.9. The highest BCUT2D eigenvalue weighted by atomic mass is 35.5. The van der Waals surface area contributed by atoms with Crippen LogP contribution in [0.2, 0.25) is 10.0 Å². The van der Waals surface area contributed by atoms with Crippen LogP contribution in [0.5, 0.6) is 0 Å². The minimum atomic E-state index is -4.67. The Kier molecular flexibility index (Phi) is 15.3. The first-order valence-electron chi connectivity index (χ1n) is 7.40. The third kappa shape index (κ3) is 14.9. The Morgan fingerprint density at radius 3 is 1.74 bits per heavy atom. The normalized spacial score (nSPS) is 9.76. The van der Waals surface area contributed by atoms with Crippen molar-refractivity contribution in [3.63, 3.8) is 0 Å². The fraction of sp³-hybridized carbons (Fsp3) is 0. The summed E-state index contributed by atoms with van der Waals surface area (Å²) < 4.78 is 56.7. The Hall–Kier alpha value is -3.07. The Labute approximate surface area is 196 Å². The van der Waals surface area contributed by atoms with Gasteiger partial charge < -0.3 is 10.2 Å². The summed E-state index contributed by atoms with van der Waals surface area (Å²) in [5.74, 6) is -4.31. The lowest BCUT2D eigenvalue weighted by molar-refractivity contribution is -0.387. The number of nitro groups is 1. The molecule has 0 aliphatic heterocycles. The molecule has 190 valence electrons. The zero-order valence-corrected chi connectivity index (χ0v) is 18.1. The van der Waals surface area contributed by atoms with Crippen molar-refractivity contribution in [3.05, 3.63) is 73.3 Å². The van der Waals surface area contributed by atoms with Gasteiger partial charge in [-0.05, 0) is 23.8 Å². The molecule has 20 heteroatoms. The number of carboxylic acids is 2. The summed E-state index contributed by atoms with van der Waals surface area (Å²) >= 11 is 10.8. The molecule has 2 aromatic carbocycles. The summed E-state index contributed by atoms with van der Waals surface area (Å²) in [6, 6.07) is 4.32. The molecule has 0 heterocycles. The second kappa shape index (κ2) is 15.7.